The van der Waals surface area contributed by atoms with Gasteiger partial charge in [-0.15, -0.1) is 0 Å². The molecule has 0 amide bonds. The monoisotopic (exact) mass is 236 g/mol. The average Bonchev–Trinajstić information content (AvgIpc) is 2.74. The normalized spacial score (nSPS) is 20.3. The van der Waals surface area contributed by atoms with Gasteiger partial charge in [-0.2, -0.15) is 0 Å². The van der Waals surface area contributed by atoms with Crippen LogP contribution in [0.25, 0.3) is 0 Å². The van der Waals surface area contributed by atoms with Crippen molar-refractivity contribution in [2.24, 2.45) is 0 Å². The molecule has 1 aliphatic rings. The number of likely N-dealkylation sites (N-methyl/N-ethyl adjacent to an activating group) is 1. The summed E-state index contributed by atoms with van der Waals surface area (Å²) in [5.41, 5.74) is 1.01. The summed E-state index contributed by atoms with van der Waals surface area (Å²) in [6, 6.07) is 6.31. The van der Waals surface area contributed by atoms with Crippen LogP contribution >= 0.6 is 0 Å². The lowest BCUT2D eigenvalue weighted by Crippen LogP contribution is -2.23. The van der Waals surface area contributed by atoms with Crippen LogP contribution in [-0.4, -0.2) is 45.3 Å². The molecule has 0 radical (unpaired) electrons. The number of ether oxygens (including phenoxy) is 2. The van der Waals surface area contributed by atoms with Gasteiger partial charge in [0.1, 0.15) is 11.5 Å². The lowest BCUT2D eigenvalue weighted by molar-refractivity contribution is 0.402. The third-order valence-corrected chi connectivity index (χ3v) is 3.16. The lowest BCUT2D eigenvalue weighted by Gasteiger charge is -2.17. The van der Waals surface area contributed by atoms with E-state index in [1.54, 1.807) is 14.2 Å². The molecule has 0 spiro atoms. The van der Waals surface area contributed by atoms with E-state index in [1.165, 1.54) is 0 Å². The molecule has 94 valence electrons. The van der Waals surface area contributed by atoms with Crippen LogP contribution in [0.2, 0.25) is 0 Å². The van der Waals surface area contributed by atoms with Gasteiger partial charge in [0.2, 0.25) is 0 Å². The molecule has 4 heteroatoms. The first-order valence-corrected chi connectivity index (χ1v) is 5.90. The number of hydrogen-bond donors (Lipinski definition) is 1. The van der Waals surface area contributed by atoms with E-state index in [4.69, 9.17) is 9.47 Å². The smallest absolute Gasteiger partial charge is 0.142 e. The van der Waals surface area contributed by atoms with Crippen molar-refractivity contribution in [3.63, 3.8) is 0 Å². The Morgan fingerprint density at radius 3 is 2.71 bits per heavy atom. The second kappa shape index (κ2) is 5.27. The number of benzene rings is 1. The summed E-state index contributed by atoms with van der Waals surface area (Å²) < 4.78 is 10.6. The molecule has 1 unspecified atom stereocenters. The lowest BCUT2D eigenvalue weighted by atomic mass is 10.2. The molecular weight excluding hydrogens is 216 g/mol. The summed E-state index contributed by atoms with van der Waals surface area (Å²) in [6.45, 7) is 2.21. The molecule has 1 heterocycles. The van der Waals surface area contributed by atoms with Gasteiger partial charge in [-0.25, -0.2) is 0 Å². The summed E-state index contributed by atoms with van der Waals surface area (Å²) in [5, 5.41) is 3.52. The Morgan fingerprint density at radius 1 is 1.29 bits per heavy atom. The number of methoxy groups -OCH3 is 2. The standard InChI is InChI=1S/C13H20N2O2/c1-15-7-6-10(9-15)14-12-8-11(16-2)4-5-13(12)17-3/h4-5,8,10,14H,6-7,9H2,1-3H3. The van der Waals surface area contributed by atoms with Crippen molar-refractivity contribution in [1.29, 1.82) is 0 Å². The first kappa shape index (κ1) is 12.0. The largest absolute Gasteiger partial charge is 0.497 e. The van der Waals surface area contributed by atoms with Crippen molar-refractivity contribution in [1.82, 2.24) is 4.90 Å². The Kier molecular flexibility index (Phi) is 3.74. The molecule has 1 aliphatic heterocycles. The molecule has 1 fully saturated rings. The molecule has 1 aromatic carbocycles. The topological polar surface area (TPSA) is 33.7 Å². The van der Waals surface area contributed by atoms with Crippen LogP contribution in [0.4, 0.5) is 5.69 Å². The molecule has 0 bridgehead atoms. The fraction of sp³-hybridized carbons (Fsp3) is 0.538. The quantitative estimate of drug-likeness (QED) is 0.864. The molecule has 1 N–H and O–H groups in total. The van der Waals surface area contributed by atoms with Gasteiger partial charge in [-0.1, -0.05) is 0 Å². The van der Waals surface area contributed by atoms with Crippen molar-refractivity contribution >= 4 is 5.69 Å². The Hall–Kier alpha value is -1.42. The van der Waals surface area contributed by atoms with Crippen molar-refractivity contribution < 1.29 is 9.47 Å². The van der Waals surface area contributed by atoms with E-state index in [-0.39, 0.29) is 0 Å². The fourth-order valence-electron chi connectivity index (χ4n) is 2.20. The second-order valence-corrected chi connectivity index (χ2v) is 4.46. The highest BCUT2D eigenvalue weighted by atomic mass is 16.5. The van der Waals surface area contributed by atoms with Crippen LogP contribution in [0.5, 0.6) is 11.5 Å². The molecule has 2 rings (SSSR count). The van der Waals surface area contributed by atoms with E-state index in [2.05, 4.69) is 17.3 Å². The Balaban J connectivity index is 2.12. The van der Waals surface area contributed by atoms with Crippen molar-refractivity contribution in [2.75, 3.05) is 39.7 Å². The summed E-state index contributed by atoms with van der Waals surface area (Å²) in [4.78, 5) is 2.32. The summed E-state index contributed by atoms with van der Waals surface area (Å²) in [6.07, 6.45) is 1.16. The minimum atomic E-state index is 0.487. The Morgan fingerprint density at radius 2 is 2.12 bits per heavy atom. The van der Waals surface area contributed by atoms with Crippen LogP contribution in [0.15, 0.2) is 18.2 Å². The molecule has 1 atom stereocenters. The molecule has 0 aromatic heterocycles. The number of rotatable bonds is 4. The van der Waals surface area contributed by atoms with E-state index in [1.807, 2.05) is 18.2 Å². The first-order chi connectivity index (χ1) is 8.22. The predicted octanol–water partition coefficient (Wildman–Crippen LogP) is 1.82. The summed E-state index contributed by atoms with van der Waals surface area (Å²) >= 11 is 0. The van der Waals surface area contributed by atoms with Gasteiger partial charge in [0.05, 0.1) is 19.9 Å². The third-order valence-electron chi connectivity index (χ3n) is 3.16. The van der Waals surface area contributed by atoms with Crippen molar-refractivity contribution in [2.45, 2.75) is 12.5 Å². The van der Waals surface area contributed by atoms with Crippen molar-refractivity contribution in [3.8, 4) is 11.5 Å². The molecule has 0 saturated carbocycles. The number of nitrogens with one attached hydrogen (secondary N) is 1. The molecule has 1 aromatic rings. The minimum absolute atomic E-state index is 0.487. The van der Waals surface area contributed by atoms with Gasteiger partial charge in [0, 0.05) is 18.7 Å². The zero-order chi connectivity index (χ0) is 12.3. The van der Waals surface area contributed by atoms with Crippen LogP contribution < -0.4 is 14.8 Å². The number of anilines is 1. The maximum Gasteiger partial charge on any atom is 0.142 e. The van der Waals surface area contributed by atoms with Gasteiger partial charge in [0.25, 0.3) is 0 Å². The highest BCUT2D eigenvalue weighted by molar-refractivity contribution is 5.60. The third kappa shape index (κ3) is 2.82. The fourth-order valence-corrected chi connectivity index (χ4v) is 2.20. The van der Waals surface area contributed by atoms with E-state index < -0.39 is 0 Å². The molecule has 4 nitrogen and oxygen atoms in total. The van der Waals surface area contributed by atoms with Gasteiger partial charge >= 0.3 is 0 Å². The van der Waals surface area contributed by atoms with Gasteiger partial charge in [0.15, 0.2) is 0 Å². The molecular formula is C13H20N2O2. The van der Waals surface area contributed by atoms with Crippen LogP contribution in [0.3, 0.4) is 0 Å². The number of nitrogens with zero attached hydrogens (tertiary/aromatic N) is 1. The molecule has 1 saturated heterocycles. The average molecular weight is 236 g/mol. The van der Waals surface area contributed by atoms with E-state index in [9.17, 15) is 0 Å². The van der Waals surface area contributed by atoms with E-state index in [0.29, 0.717) is 6.04 Å². The second-order valence-electron chi connectivity index (χ2n) is 4.46. The highest BCUT2D eigenvalue weighted by Crippen LogP contribution is 2.30. The Labute approximate surface area is 103 Å². The van der Waals surface area contributed by atoms with Crippen LogP contribution in [0, 0.1) is 0 Å². The zero-order valence-electron chi connectivity index (χ0n) is 10.7. The van der Waals surface area contributed by atoms with E-state index >= 15 is 0 Å². The number of hydrogen-bond acceptors (Lipinski definition) is 4. The highest BCUT2D eigenvalue weighted by Gasteiger charge is 2.20. The van der Waals surface area contributed by atoms with Crippen LogP contribution in [-0.2, 0) is 0 Å². The summed E-state index contributed by atoms with van der Waals surface area (Å²) in [7, 11) is 5.51. The zero-order valence-corrected chi connectivity index (χ0v) is 10.7. The maximum atomic E-state index is 5.35. The Bertz CT molecular complexity index is 382. The van der Waals surface area contributed by atoms with Gasteiger partial charge in [-0.3, -0.25) is 0 Å². The minimum Gasteiger partial charge on any atom is -0.497 e. The van der Waals surface area contributed by atoms with Gasteiger partial charge < -0.3 is 19.7 Å². The van der Waals surface area contributed by atoms with Gasteiger partial charge in [-0.05, 0) is 32.1 Å². The molecule has 0 aliphatic carbocycles. The van der Waals surface area contributed by atoms with E-state index in [0.717, 1.165) is 36.7 Å². The predicted molar refractivity (Wildman–Crippen MR) is 69.1 cm³/mol. The molecule has 17 heavy (non-hydrogen) atoms. The summed E-state index contributed by atoms with van der Waals surface area (Å²) in [5.74, 6) is 1.71. The SMILES string of the molecule is COc1ccc(OC)c(NC2CCN(C)C2)c1. The van der Waals surface area contributed by atoms with Crippen LogP contribution in [0.1, 0.15) is 6.42 Å². The van der Waals surface area contributed by atoms with Crippen molar-refractivity contribution in [3.05, 3.63) is 18.2 Å². The first-order valence-electron chi connectivity index (χ1n) is 5.90. The number of likely N-dealkylation sites (tertiary alicyclic amines) is 1. The maximum absolute atomic E-state index is 5.35.